The highest BCUT2D eigenvalue weighted by atomic mass is 79.9. The number of nitrogens with zero attached hydrogens (tertiary/aromatic N) is 1. The van der Waals surface area contributed by atoms with Crippen molar-refractivity contribution in [2.75, 3.05) is 18.9 Å². The van der Waals surface area contributed by atoms with Crippen LogP contribution in [0, 0.1) is 0 Å². The predicted molar refractivity (Wildman–Crippen MR) is 88.3 cm³/mol. The van der Waals surface area contributed by atoms with Crippen LogP contribution in [-0.4, -0.2) is 29.7 Å². The lowest BCUT2D eigenvalue weighted by Gasteiger charge is -2.05. The van der Waals surface area contributed by atoms with Gasteiger partial charge >= 0.3 is 0 Å². The van der Waals surface area contributed by atoms with E-state index in [1.165, 1.54) is 0 Å². The zero-order valence-electron chi connectivity index (χ0n) is 12.2. The van der Waals surface area contributed by atoms with Gasteiger partial charge in [-0.1, -0.05) is 35.0 Å². The van der Waals surface area contributed by atoms with E-state index >= 15 is 0 Å². The second-order valence-electron chi connectivity index (χ2n) is 4.69. The minimum Gasteiger partial charge on any atom is -0.319 e. The fourth-order valence-electron chi connectivity index (χ4n) is 2.10. The number of rotatable bonds is 6. The van der Waals surface area contributed by atoms with E-state index in [0.717, 1.165) is 27.7 Å². The summed E-state index contributed by atoms with van der Waals surface area (Å²) in [5.41, 5.74) is 3.03. The number of amides is 1. The summed E-state index contributed by atoms with van der Waals surface area (Å²) in [6.07, 6.45) is 1.23. The molecule has 3 N–H and O–H groups in total. The average Bonchev–Trinajstić information content (AvgIpc) is 2.88. The van der Waals surface area contributed by atoms with Gasteiger partial charge < -0.3 is 10.6 Å². The summed E-state index contributed by atoms with van der Waals surface area (Å²) in [6, 6.07) is 8.01. The summed E-state index contributed by atoms with van der Waals surface area (Å²) in [5, 5.41) is 13.1. The summed E-state index contributed by atoms with van der Waals surface area (Å²) in [5.74, 6) is 0.587. The summed E-state index contributed by atoms with van der Waals surface area (Å²) in [4.78, 5) is 11.8. The van der Waals surface area contributed by atoms with E-state index in [-0.39, 0.29) is 5.91 Å². The van der Waals surface area contributed by atoms with Crippen molar-refractivity contribution in [3.8, 4) is 11.3 Å². The molecular weight excluding hydrogens is 332 g/mol. The molecule has 0 radical (unpaired) electrons. The van der Waals surface area contributed by atoms with Crippen molar-refractivity contribution in [3.05, 3.63) is 34.3 Å². The highest BCUT2D eigenvalue weighted by Gasteiger charge is 2.15. The number of carbonyl (C=O) groups is 1. The molecular formula is C15H19BrN4O. The van der Waals surface area contributed by atoms with E-state index in [0.29, 0.717) is 18.8 Å². The lowest BCUT2D eigenvalue weighted by atomic mass is 10.1. The molecule has 0 unspecified atom stereocenters. The molecule has 1 aromatic heterocycles. The van der Waals surface area contributed by atoms with Crippen molar-refractivity contribution in [2.45, 2.75) is 19.8 Å². The maximum Gasteiger partial charge on any atom is 0.226 e. The Bertz CT molecular complexity index is 607. The Morgan fingerprint density at radius 3 is 2.67 bits per heavy atom. The number of benzene rings is 1. The molecule has 6 heteroatoms. The van der Waals surface area contributed by atoms with Crippen LogP contribution >= 0.6 is 15.9 Å². The number of nitrogens with one attached hydrogen (secondary N) is 3. The Morgan fingerprint density at radius 1 is 1.33 bits per heavy atom. The van der Waals surface area contributed by atoms with Crippen molar-refractivity contribution < 1.29 is 4.79 Å². The largest absolute Gasteiger partial charge is 0.319 e. The molecule has 1 heterocycles. The van der Waals surface area contributed by atoms with Crippen molar-refractivity contribution >= 4 is 27.7 Å². The Hall–Kier alpha value is -1.66. The fourth-order valence-corrected chi connectivity index (χ4v) is 2.37. The number of hydrogen-bond donors (Lipinski definition) is 3. The Kier molecular flexibility index (Phi) is 5.52. The molecule has 2 aromatic rings. The third-order valence-electron chi connectivity index (χ3n) is 3.21. The molecule has 0 atom stereocenters. The van der Waals surface area contributed by atoms with Gasteiger partial charge in [0.15, 0.2) is 5.82 Å². The van der Waals surface area contributed by atoms with Gasteiger partial charge in [-0.05, 0) is 31.2 Å². The van der Waals surface area contributed by atoms with Crippen LogP contribution in [0.1, 0.15) is 18.9 Å². The van der Waals surface area contributed by atoms with Crippen molar-refractivity contribution in [1.29, 1.82) is 0 Å². The lowest BCUT2D eigenvalue weighted by molar-refractivity contribution is -0.116. The molecule has 0 spiro atoms. The van der Waals surface area contributed by atoms with Gasteiger partial charge in [0, 0.05) is 23.0 Å². The molecule has 0 aliphatic heterocycles. The van der Waals surface area contributed by atoms with E-state index in [9.17, 15) is 4.79 Å². The Labute approximate surface area is 132 Å². The third kappa shape index (κ3) is 3.92. The van der Waals surface area contributed by atoms with Crippen molar-refractivity contribution in [3.63, 3.8) is 0 Å². The van der Waals surface area contributed by atoms with Gasteiger partial charge in [-0.3, -0.25) is 9.89 Å². The van der Waals surface area contributed by atoms with Crippen molar-refractivity contribution in [1.82, 2.24) is 15.5 Å². The van der Waals surface area contributed by atoms with E-state index in [1.54, 1.807) is 0 Å². The summed E-state index contributed by atoms with van der Waals surface area (Å²) in [6.45, 7) is 2.70. The van der Waals surface area contributed by atoms with E-state index < -0.39 is 0 Å². The van der Waals surface area contributed by atoms with Crippen molar-refractivity contribution in [2.24, 2.45) is 0 Å². The Morgan fingerprint density at radius 2 is 2.05 bits per heavy atom. The average molecular weight is 351 g/mol. The van der Waals surface area contributed by atoms with Crippen LogP contribution < -0.4 is 10.6 Å². The first-order chi connectivity index (χ1) is 10.2. The lowest BCUT2D eigenvalue weighted by Crippen LogP contribution is -2.19. The number of carbonyl (C=O) groups excluding carboxylic acids is 1. The molecule has 2 rings (SSSR count). The molecule has 5 nitrogen and oxygen atoms in total. The van der Waals surface area contributed by atoms with Gasteiger partial charge in [0.2, 0.25) is 5.91 Å². The highest BCUT2D eigenvalue weighted by molar-refractivity contribution is 9.10. The second kappa shape index (κ2) is 7.38. The SMILES string of the molecule is CCc1c(NC(=O)CCNC)n[nH]c1-c1ccc(Br)cc1. The molecule has 1 aromatic carbocycles. The van der Waals surface area contributed by atoms with Crippen LogP contribution in [-0.2, 0) is 11.2 Å². The van der Waals surface area contributed by atoms with E-state index in [1.807, 2.05) is 31.3 Å². The number of H-pyrrole nitrogens is 1. The van der Waals surface area contributed by atoms with Gasteiger partial charge in [-0.15, -0.1) is 0 Å². The maximum absolute atomic E-state index is 11.8. The molecule has 0 fully saturated rings. The summed E-state index contributed by atoms with van der Waals surface area (Å²) in [7, 11) is 1.82. The molecule has 21 heavy (non-hydrogen) atoms. The number of anilines is 1. The molecule has 0 aliphatic rings. The third-order valence-corrected chi connectivity index (χ3v) is 3.74. The van der Waals surface area contributed by atoms with Crippen LogP contribution in [0.4, 0.5) is 5.82 Å². The fraction of sp³-hybridized carbons (Fsp3) is 0.333. The normalized spacial score (nSPS) is 10.6. The van der Waals surface area contributed by atoms with E-state index in [4.69, 9.17) is 0 Å². The second-order valence-corrected chi connectivity index (χ2v) is 5.60. The summed E-state index contributed by atoms with van der Waals surface area (Å²) < 4.78 is 1.03. The zero-order valence-corrected chi connectivity index (χ0v) is 13.8. The van der Waals surface area contributed by atoms with E-state index in [2.05, 4.69) is 43.7 Å². The standard InChI is InChI=1S/C15H19BrN4O/c1-3-12-14(10-4-6-11(16)7-5-10)19-20-15(12)18-13(21)8-9-17-2/h4-7,17H,3,8-9H2,1-2H3,(H2,18,19,20,21). The smallest absolute Gasteiger partial charge is 0.226 e. The predicted octanol–water partition coefficient (Wildman–Crippen LogP) is 2.95. The molecule has 0 bridgehead atoms. The van der Waals surface area contributed by atoms with Gasteiger partial charge in [0.25, 0.3) is 0 Å². The molecule has 0 aliphatic carbocycles. The molecule has 0 saturated carbocycles. The maximum atomic E-state index is 11.8. The van der Waals surface area contributed by atoms with Gasteiger partial charge in [0.1, 0.15) is 0 Å². The number of hydrogen-bond acceptors (Lipinski definition) is 3. The van der Waals surface area contributed by atoms with Crippen LogP contribution in [0.15, 0.2) is 28.7 Å². The Balaban J connectivity index is 2.21. The molecule has 112 valence electrons. The minimum atomic E-state index is -0.0343. The zero-order chi connectivity index (χ0) is 15.2. The first-order valence-electron chi connectivity index (χ1n) is 6.93. The minimum absolute atomic E-state index is 0.0343. The molecule has 1 amide bonds. The quantitative estimate of drug-likeness (QED) is 0.750. The van der Waals surface area contributed by atoms with Gasteiger partial charge in [-0.2, -0.15) is 5.10 Å². The van der Waals surface area contributed by atoms with Crippen LogP contribution in [0.25, 0.3) is 11.3 Å². The van der Waals surface area contributed by atoms with Crippen LogP contribution in [0.2, 0.25) is 0 Å². The highest BCUT2D eigenvalue weighted by Crippen LogP contribution is 2.28. The van der Waals surface area contributed by atoms with Crippen LogP contribution in [0.5, 0.6) is 0 Å². The van der Waals surface area contributed by atoms with Gasteiger partial charge in [-0.25, -0.2) is 0 Å². The molecule has 0 saturated heterocycles. The first kappa shape index (κ1) is 15.7. The topological polar surface area (TPSA) is 69.8 Å². The summed E-state index contributed by atoms with van der Waals surface area (Å²) >= 11 is 3.43. The number of aromatic nitrogens is 2. The van der Waals surface area contributed by atoms with Gasteiger partial charge in [0.05, 0.1) is 5.69 Å². The number of aromatic amines is 1. The monoisotopic (exact) mass is 350 g/mol. The number of halogens is 1. The first-order valence-corrected chi connectivity index (χ1v) is 7.72. The van der Waals surface area contributed by atoms with Crippen LogP contribution in [0.3, 0.4) is 0 Å².